The number of halogens is 2. The van der Waals surface area contributed by atoms with Gasteiger partial charge in [0.15, 0.2) is 18.2 Å². The highest BCUT2D eigenvalue weighted by Crippen LogP contribution is 2.20. The summed E-state index contributed by atoms with van der Waals surface area (Å²) in [4.78, 5) is 27.6. The fourth-order valence-electron chi connectivity index (χ4n) is 3.86. The van der Waals surface area contributed by atoms with Crippen molar-refractivity contribution >= 4 is 23.4 Å². The Balaban J connectivity index is 1.76. The smallest absolute Gasteiger partial charge is 0.261 e. The number of carbonyl (C=O) groups excluding carboxylic acids is 2. The average Bonchev–Trinajstić information content (AvgIpc) is 3.27. The Labute approximate surface area is 187 Å². The summed E-state index contributed by atoms with van der Waals surface area (Å²) < 4.78 is 19.3. The van der Waals surface area contributed by atoms with E-state index < -0.39 is 11.9 Å². The first-order valence-electron chi connectivity index (χ1n) is 10.7. The minimum absolute atomic E-state index is 0.00532. The van der Waals surface area contributed by atoms with Gasteiger partial charge in [-0.2, -0.15) is 0 Å². The Hall–Kier alpha value is -2.60. The van der Waals surface area contributed by atoms with E-state index in [4.69, 9.17) is 16.3 Å². The first-order chi connectivity index (χ1) is 15.0. The van der Waals surface area contributed by atoms with Crippen LogP contribution in [-0.2, 0) is 16.1 Å². The van der Waals surface area contributed by atoms with Gasteiger partial charge in [0.25, 0.3) is 5.91 Å². The molecule has 0 bridgehead atoms. The second-order valence-electron chi connectivity index (χ2n) is 7.78. The number of ether oxygens (including phenoxy) is 1. The van der Waals surface area contributed by atoms with Crippen LogP contribution in [0.1, 0.15) is 44.6 Å². The van der Waals surface area contributed by atoms with E-state index in [1.165, 1.54) is 17.0 Å². The van der Waals surface area contributed by atoms with Gasteiger partial charge in [0, 0.05) is 17.6 Å². The van der Waals surface area contributed by atoms with Crippen LogP contribution in [0, 0.1) is 5.82 Å². The van der Waals surface area contributed by atoms with Crippen molar-refractivity contribution in [1.29, 1.82) is 0 Å². The first kappa shape index (κ1) is 23.1. The summed E-state index contributed by atoms with van der Waals surface area (Å²) in [6.45, 7) is 1.74. The van der Waals surface area contributed by atoms with E-state index in [-0.39, 0.29) is 36.8 Å². The van der Waals surface area contributed by atoms with Crippen LogP contribution in [0.5, 0.6) is 5.75 Å². The zero-order chi connectivity index (χ0) is 22.2. The third kappa shape index (κ3) is 6.44. The van der Waals surface area contributed by atoms with E-state index in [0.717, 1.165) is 31.2 Å². The molecule has 5 nitrogen and oxygen atoms in total. The van der Waals surface area contributed by atoms with E-state index in [2.05, 4.69) is 5.32 Å². The third-order valence-corrected chi connectivity index (χ3v) is 5.79. The molecule has 1 fully saturated rings. The van der Waals surface area contributed by atoms with Crippen LogP contribution in [0.2, 0.25) is 5.02 Å². The number of rotatable bonds is 9. The normalized spacial score (nSPS) is 14.8. The maximum Gasteiger partial charge on any atom is 0.261 e. The minimum Gasteiger partial charge on any atom is -0.481 e. The van der Waals surface area contributed by atoms with Crippen LogP contribution in [0.3, 0.4) is 0 Å². The number of hydrogen-bond donors (Lipinski definition) is 1. The molecule has 166 valence electrons. The molecule has 0 radical (unpaired) electrons. The summed E-state index contributed by atoms with van der Waals surface area (Å²) in [6.07, 6.45) is 4.59. The predicted octanol–water partition coefficient (Wildman–Crippen LogP) is 4.72. The highest BCUT2D eigenvalue weighted by molar-refractivity contribution is 6.30. The van der Waals surface area contributed by atoms with Gasteiger partial charge < -0.3 is 15.0 Å². The van der Waals surface area contributed by atoms with Gasteiger partial charge in [-0.15, -0.1) is 0 Å². The van der Waals surface area contributed by atoms with Gasteiger partial charge in [-0.3, -0.25) is 9.59 Å². The van der Waals surface area contributed by atoms with Gasteiger partial charge in [0.2, 0.25) is 5.91 Å². The van der Waals surface area contributed by atoms with Crippen molar-refractivity contribution in [3.8, 4) is 5.75 Å². The molecule has 1 aliphatic rings. The van der Waals surface area contributed by atoms with Crippen LogP contribution in [0.15, 0.2) is 48.5 Å². The molecular formula is C24H28ClFN2O3. The summed E-state index contributed by atoms with van der Waals surface area (Å²) in [5.74, 6) is -1.08. The van der Waals surface area contributed by atoms with Crippen LogP contribution in [0.25, 0.3) is 0 Å². The Morgan fingerprint density at radius 2 is 1.84 bits per heavy atom. The van der Waals surface area contributed by atoms with E-state index in [1.807, 2.05) is 19.1 Å². The van der Waals surface area contributed by atoms with Crippen LogP contribution in [-0.4, -0.2) is 35.4 Å². The number of carbonyl (C=O) groups is 2. The SMILES string of the molecule is CC[C@H](C(=O)NC1CCCC1)N(Cc1ccc(Cl)cc1)C(=O)COc1ccccc1F. The van der Waals surface area contributed by atoms with Gasteiger partial charge in [-0.05, 0) is 49.1 Å². The first-order valence-corrected chi connectivity index (χ1v) is 11.1. The monoisotopic (exact) mass is 446 g/mol. The quantitative estimate of drug-likeness (QED) is 0.606. The summed E-state index contributed by atoms with van der Waals surface area (Å²) >= 11 is 5.98. The van der Waals surface area contributed by atoms with Gasteiger partial charge in [0.1, 0.15) is 6.04 Å². The number of nitrogens with zero attached hydrogens (tertiary/aromatic N) is 1. The molecule has 1 atom stereocenters. The van der Waals surface area contributed by atoms with E-state index >= 15 is 0 Å². The second-order valence-corrected chi connectivity index (χ2v) is 8.22. The summed E-state index contributed by atoms with van der Waals surface area (Å²) in [5, 5.41) is 3.68. The lowest BCUT2D eigenvalue weighted by Crippen LogP contribution is -2.52. The molecular weight excluding hydrogens is 419 g/mol. The van der Waals surface area contributed by atoms with Gasteiger partial charge in [0.05, 0.1) is 0 Å². The maximum atomic E-state index is 13.9. The van der Waals surface area contributed by atoms with E-state index in [9.17, 15) is 14.0 Å². The van der Waals surface area contributed by atoms with Crippen LogP contribution >= 0.6 is 11.6 Å². The lowest BCUT2D eigenvalue weighted by molar-refractivity contribution is -0.143. The van der Waals surface area contributed by atoms with Crippen molar-refractivity contribution in [2.24, 2.45) is 0 Å². The molecule has 1 N–H and O–H groups in total. The molecule has 7 heteroatoms. The number of amides is 2. The van der Waals surface area contributed by atoms with Crippen molar-refractivity contribution in [1.82, 2.24) is 10.2 Å². The minimum atomic E-state index is -0.645. The average molecular weight is 447 g/mol. The molecule has 2 amide bonds. The fraction of sp³-hybridized carbons (Fsp3) is 0.417. The number of para-hydroxylation sites is 1. The number of hydrogen-bond acceptors (Lipinski definition) is 3. The zero-order valence-corrected chi connectivity index (χ0v) is 18.4. The molecule has 0 aliphatic heterocycles. The van der Waals surface area contributed by atoms with Crippen LogP contribution in [0.4, 0.5) is 4.39 Å². The molecule has 3 rings (SSSR count). The Kier molecular flexibility index (Phi) is 8.29. The van der Waals surface area contributed by atoms with Gasteiger partial charge in [-0.25, -0.2) is 4.39 Å². The molecule has 1 saturated carbocycles. The molecule has 0 aromatic heterocycles. The Bertz CT molecular complexity index is 885. The molecule has 0 unspecified atom stereocenters. The summed E-state index contributed by atoms with van der Waals surface area (Å²) in [6, 6.07) is 12.6. The number of nitrogens with one attached hydrogen (secondary N) is 1. The molecule has 0 saturated heterocycles. The van der Waals surface area contributed by atoms with E-state index in [0.29, 0.717) is 11.4 Å². The highest BCUT2D eigenvalue weighted by Gasteiger charge is 2.31. The number of benzene rings is 2. The van der Waals surface area contributed by atoms with Crippen molar-refractivity contribution in [3.63, 3.8) is 0 Å². The maximum absolute atomic E-state index is 13.9. The lowest BCUT2D eigenvalue weighted by atomic mass is 10.1. The fourth-order valence-corrected chi connectivity index (χ4v) is 3.98. The third-order valence-electron chi connectivity index (χ3n) is 5.54. The molecule has 31 heavy (non-hydrogen) atoms. The largest absolute Gasteiger partial charge is 0.481 e. The van der Waals surface area contributed by atoms with Crippen molar-refractivity contribution in [2.75, 3.05) is 6.61 Å². The van der Waals surface area contributed by atoms with E-state index in [1.54, 1.807) is 24.3 Å². The Morgan fingerprint density at radius 1 is 1.16 bits per heavy atom. The summed E-state index contributed by atoms with van der Waals surface area (Å²) in [5.41, 5.74) is 0.843. The second kappa shape index (κ2) is 11.1. The van der Waals surface area contributed by atoms with Crippen molar-refractivity contribution in [3.05, 3.63) is 64.9 Å². The van der Waals surface area contributed by atoms with Crippen molar-refractivity contribution in [2.45, 2.75) is 57.7 Å². The van der Waals surface area contributed by atoms with Crippen LogP contribution < -0.4 is 10.1 Å². The standard InChI is InChI=1S/C24H28ClFN2O3/c1-2-21(24(30)27-19-7-3-4-8-19)28(15-17-11-13-18(25)14-12-17)23(29)16-31-22-10-6-5-9-20(22)26/h5-6,9-14,19,21H,2-4,7-8,15-16H2,1H3,(H,27,30)/t21-/m1/s1. The zero-order valence-electron chi connectivity index (χ0n) is 17.7. The molecule has 2 aromatic rings. The molecule has 0 spiro atoms. The predicted molar refractivity (Wildman–Crippen MR) is 118 cm³/mol. The van der Waals surface area contributed by atoms with Crippen molar-refractivity contribution < 1.29 is 18.7 Å². The van der Waals surface area contributed by atoms with Gasteiger partial charge >= 0.3 is 0 Å². The molecule has 1 aliphatic carbocycles. The highest BCUT2D eigenvalue weighted by atomic mass is 35.5. The molecule has 0 heterocycles. The lowest BCUT2D eigenvalue weighted by Gasteiger charge is -2.31. The topological polar surface area (TPSA) is 58.6 Å². The van der Waals surface area contributed by atoms with Gasteiger partial charge in [-0.1, -0.05) is 55.6 Å². The Morgan fingerprint density at radius 3 is 2.48 bits per heavy atom. The summed E-state index contributed by atoms with van der Waals surface area (Å²) in [7, 11) is 0. The molecule has 2 aromatic carbocycles.